The van der Waals surface area contributed by atoms with Crippen LogP contribution in [-0.2, 0) is 11.3 Å². The number of non-ortho nitro benzene ring substituents is 1. The molecule has 2 rings (SSSR count). The maximum Gasteiger partial charge on any atom is 0.269 e. The summed E-state index contributed by atoms with van der Waals surface area (Å²) in [5, 5.41) is 10.7. The summed E-state index contributed by atoms with van der Waals surface area (Å²) in [6.07, 6.45) is 0. The van der Waals surface area contributed by atoms with Crippen molar-refractivity contribution in [1.29, 1.82) is 0 Å². The predicted octanol–water partition coefficient (Wildman–Crippen LogP) is 3.28. The first-order valence-corrected chi connectivity index (χ1v) is 9.28. The van der Waals surface area contributed by atoms with Crippen LogP contribution in [0.1, 0.15) is 5.56 Å². The molecule has 0 aliphatic rings. The Morgan fingerprint density at radius 1 is 1.04 bits per heavy atom. The van der Waals surface area contributed by atoms with Gasteiger partial charge in [-0.25, -0.2) is 0 Å². The molecule has 0 saturated carbocycles. The van der Waals surface area contributed by atoms with Gasteiger partial charge in [0.1, 0.15) is 0 Å². The van der Waals surface area contributed by atoms with Crippen LogP contribution in [0.15, 0.2) is 59.5 Å². The van der Waals surface area contributed by atoms with Crippen LogP contribution >= 0.6 is 11.8 Å². The largest absolute Gasteiger partial charge is 0.336 e. The van der Waals surface area contributed by atoms with E-state index >= 15 is 0 Å². The average molecular weight is 373 g/mol. The Morgan fingerprint density at radius 2 is 1.69 bits per heavy atom. The zero-order chi connectivity index (χ0) is 18.9. The van der Waals surface area contributed by atoms with Gasteiger partial charge in [-0.15, -0.1) is 11.8 Å². The summed E-state index contributed by atoms with van der Waals surface area (Å²) >= 11 is 1.39. The van der Waals surface area contributed by atoms with Gasteiger partial charge < -0.3 is 9.80 Å². The number of thioether (sulfide) groups is 1. The normalized spacial score (nSPS) is 10.7. The number of carbonyl (C=O) groups is 1. The third kappa shape index (κ3) is 6.50. The van der Waals surface area contributed by atoms with E-state index in [4.69, 9.17) is 0 Å². The molecule has 6 nitrogen and oxygen atoms in total. The highest BCUT2D eigenvalue weighted by Gasteiger charge is 2.15. The van der Waals surface area contributed by atoms with Crippen LogP contribution in [0.4, 0.5) is 5.69 Å². The molecular weight excluding hydrogens is 350 g/mol. The van der Waals surface area contributed by atoms with Gasteiger partial charge >= 0.3 is 0 Å². The molecule has 138 valence electrons. The number of carbonyl (C=O) groups excluding carboxylic acids is 1. The summed E-state index contributed by atoms with van der Waals surface area (Å²) in [6.45, 7) is 2.02. The lowest BCUT2D eigenvalue weighted by Crippen LogP contribution is -2.37. The highest BCUT2D eigenvalue weighted by Crippen LogP contribution is 2.22. The van der Waals surface area contributed by atoms with Gasteiger partial charge in [0.15, 0.2) is 0 Å². The van der Waals surface area contributed by atoms with Crippen molar-refractivity contribution in [2.75, 3.05) is 32.9 Å². The maximum absolute atomic E-state index is 12.7. The van der Waals surface area contributed by atoms with Gasteiger partial charge in [-0.3, -0.25) is 14.9 Å². The van der Waals surface area contributed by atoms with Crippen LogP contribution < -0.4 is 0 Å². The average Bonchev–Trinajstić information content (AvgIpc) is 2.64. The lowest BCUT2D eigenvalue weighted by molar-refractivity contribution is -0.384. The fraction of sp³-hybridized carbons (Fsp3) is 0.316. The molecule has 0 spiro atoms. The number of amides is 1. The lowest BCUT2D eigenvalue weighted by Gasteiger charge is -2.24. The molecule has 0 aliphatic heterocycles. The van der Waals surface area contributed by atoms with Gasteiger partial charge in [0.05, 0.1) is 10.7 Å². The second kappa shape index (κ2) is 9.94. The van der Waals surface area contributed by atoms with Crippen LogP contribution in [-0.4, -0.2) is 53.6 Å². The summed E-state index contributed by atoms with van der Waals surface area (Å²) in [5.41, 5.74) is 1.15. The van der Waals surface area contributed by atoms with E-state index in [1.54, 1.807) is 12.1 Å². The van der Waals surface area contributed by atoms with E-state index in [1.807, 2.05) is 49.3 Å². The number of nitrogens with zero attached hydrogens (tertiary/aromatic N) is 3. The topological polar surface area (TPSA) is 66.7 Å². The Hall–Kier alpha value is -2.38. The van der Waals surface area contributed by atoms with Crippen molar-refractivity contribution in [2.45, 2.75) is 11.4 Å². The SMILES string of the molecule is CN(C)CCN(Cc1ccccc1)C(=O)CSc1ccc([N+](=O)[O-])cc1. The molecule has 0 aliphatic carbocycles. The second-order valence-corrected chi connectivity index (χ2v) is 7.19. The standard InChI is InChI=1S/C19H23N3O3S/c1-20(2)12-13-21(14-16-6-4-3-5-7-16)19(23)15-26-18-10-8-17(9-11-18)22(24)25/h3-11H,12-15H2,1-2H3. The first kappa shape index (κ1) is 19.9. The fourth-order valence-electron chi connectivity index (χ4n) is 2.32. The molecule has 7 heteroatoms. The van der Waals surface area contributed by atoms with Crippen LogP contribution in [0.2, 0.25) is 0 Å². The van der Waals surface area contributed by atoms with Crippen LogP contribution in [0.25, 0.3) is 0 Å². The van der Waals surface area contributed by atoms with Crippen molar-refractivity contribution in [1.82, 2.24) is 9.80 Å². The zero-order valence-corrected chi connectivity index (χ0v) is 15.8. The van der Waals surface area contributed by atoms with Crippen LogP contribution in [0, 0.1) is 10.1 Å². The lowest BCUT2D eigenvalue weighted by atomic mass is 10.2. The van der Waals surface area contributed by atoms with Gasteiger partial charge in [0.2, 0.25) is 5.91 Å². The minimum atomic E-state index is -0.428. The molecule has 0 N–H and O–H groups in total. The van der Waals surface area contributed by atoms with E-state index in [1.165, 1.54) is 23.9 Å². The first-order chi connectivity index (χ1) is 12.5. The molecule has 26 heavy (non-hydrogen) atoms. The van der Waals surface area contributed by atoms with Gasteiger partial charge in [-0.05, 0) is 31.8 Å². The molecule has 0 saturated heterocycles. The van der Waals surface area contributed by atoms with E-state index in [-0.39, 0.29) is 11.6 Å². The molecular formula is C19H23N3O3S. The van der Waals surface area contributed by atoms with E-state index in [0.717, 1.165) is 17.0 Å². The van der Waals surface area contributed by atoms with Crippen molar-refractivity contribution in [2.24, 2.45) is 0 Å². The monoisotopic (exact) mass is 373 g/mol. The van der Waals surface area contributed by atoms with E-state index in [2.05, 4.69) is 4.90 Å². The smallest absolute Gasteiger partial charge is 0.269 e. The molecule has 2 aromatic rings. The van der Waals surface area contributed by atoms with Crippen LogP contribution in [0.3, 0.4) is 0 Å². The predicted molar refractivity (Wildman–Crippen MR) is 104 cm³/mol. The zero-order valence-electron chi connectivity index (χ0n) is 15.0. The Balaban J connectivity index is 1.97. The van der Waals surface area contributed by atoms with Gasteiger partial charge in [-0.1, -0.05) is 30.3 Å². The van der Waals surface area contributed by atoms with Gasteiger partial charge in [-0.2, -0.15) is 0 Å². The summed E-state index contributed by atoms with van der Waals surface area (Å²) in [7, 11) is 3.97. The van der Waals surface area contributed by atoms with Crippen molar-refractivity contribution in [3.8, 4) is 0 Å². The number of benzene rings is 2. The first-order valence-electron chi connectivity index (χ1n) is 8.29. The Labute approximate surface area is 158 Å². The van der Waals surface area contributed by atoms with Crippen molar-refractivity contribution < 1.29 is 9.72 Å². The summed E-state index contributed by atoms with van der Waals surface area (Å²) in [4.78, 5) is 27.7. The fourth-order valence-corrected chi connectivity index (χ4v) is 3.12. The Kier molecular flexibility index (Phi) is 7.62. The number of likely N-dealkylation sites (N-methyl/N-ethyl adjacent to an activating group) is 1. The van der Waals surface area contributed by atoms with Crippen molar-refractivity contribution in [3.63, 3.8) is 0 Å². The quantitative estimate of drug-likeness (QED) is 0.383. The van der Waals surface area contributed by atoms with Gasteiger partial charge in [0, 0.05) is 36.7 Å². The molecule has 0 atom stereocenters. The van der Waals surface area contributed by atoms with E-state index in [9.17, 15) is 14.9 Å². The second-order valence-electron chi connectivity index (χ2n) is 6.14. The molecule has 0 aromatic heterocycles. The molecule has 0 bridgehead atoms. The van der Waals surface area contributed by atoms with E-state index < -0.39 is 4.92 Å². The number of hydrogen-bond donors (Lipinski definition) is 0. The maximum atomic E-state index is 12.7. The molecule has 0 fully saturated rings. The third-order valence-corrected chi connectivity index (χ3v) is 4.79. The molecule has 0 unspecified atom stereocenters. The molecule has 2 aromatic carbocycles. The number of hydrogen-bond acceptors (Lipinski definition) is 5. The van der Waals surface area contributed by atoms with E-state index in [0.29, 0.717) is 18.8 Å². The minimum Gasteiger partial charge on any atom is -0.336 e. The Morgan fingerprint density at radius 3 is 2.27 bits per heavy atom. The molecule has 0 radical (unpaired) electrons. The number of nitro groups is 1. The highest BCUT2D eigenvalue weighted by molar-refractivity contribution is 8.00. The third-order valence-electron chi connectivity index (χ3n) is 3.80. The minimum absolute atomic E-state index is 0.0531. The van der Waals surface area contributed by atoms with Crippen molar-refractivity contribution >= 4 is 23.4 Å². The molecule has 1 amide bonds. The number of nitro benzene ring substituents is 1. The van der Waals surface area contributed by atoms with Gasteiger partial charge in [0.25, 0.3) is 5.69 Å². The highest BCUT2D eigenvalue weighted by atomic mass is 32.2. The summed E-state index contributed by atoms with van der Waals surface area (Å²) < 4.78 is 0. The molecule has 0 heterocycles. The number of rotatable bonds is 9. The Bertz CT molecular complexity index is 721. The summed E-state index contributed by atoms with van der Waals surface area (Å²) in [5.74, 6) is 0.358. The van der Waals surface area contributed by atoms with Crippen molar-refractivity contribution in [3.05, 3.63) is 70.3 Å². The van der Waals surface area contributed by atoms with Crippen LogP contribution in [0.5, 0.6) is 0 Å². The summed E-state index contributed by atoms with van der Waals surface area (Å²) in [6, 6.07) is 16.2.